The number of benzene rings is 2. The Morgan fingerprint density at radius 2 is 1.75 bits per heavy atom. The van der Waals surface area contributed by atoms with Crippen molar-refractivity contribution in [1.29, 1.82) is 0 Å². The Labute approximate surface area is 206 Å². The van der Waals surface area contributed by atoms with E-state index < -0.39 is 0 Å². The van der Waals surface area contributed by atoms with Gasteiger partial charge in [-0.3, -0.25) is 4.79 Å². The Hall–Kier alpha value is -1.72. The number of hydrogen-bond acceptors (Lipinski definition) is 2. The number of fused-ring (bicyclic) bond motifs is 1. The second kappa shape index (κ2) is 10.5. The topological polar surface area (TPSA) is 38.3 Å². The summed E-state index contributed by atoms with van der Waals surface area (Å²) in [4.78, 5) is 12.7. The number of hydrogen-bond donors (Lipinski definition) is 1. The van der Waals surface area contributed by atoms with Crippen molar-refractivity contribution in [2.45, 2.75) is 44.7 Å². The van der Waals surface area contributed by atoms with Crippen molar-refractivity contribution in [2.75, 3.05) is 26.0 Å². The van der Waals surface area contributed by atoms with Crippen LogP contribution in [0.3, 0.4) is 0 Å². The number of ether oxygens (including phenoxy) is 1. The zero-order valence-electron chi connectivity index (χ0n) is 18.5. The maximum Gasteiger partial charge on any atom is 0.255 e. The molecule has 1 saturated carbocycles. The van der Waals surface area contributed by atoms with Gasteiger partial charge in [-0.1, -0.05) is 41.8 Å². The van der Waals surface area contributed by atoms with E-state index in [1.165, 1.54) is 37.7 Å². The predicted molar refractivity (Wildman–Crippen MR) is 128 cm³/mol. The van der Waals surface area contributed by atoms with Crippen molar-refractivity contribution in [1.82, 2.24) is 0 Å². The van der Waals surface area contributed by atoms with Crippen molar-refractivity contribution in [3.8, 4) is 5.75 Å². The molecule has 172 valence electrons. The van der Waals surface area contributed by atoms with Gasteiger partial charge in [-0.2, -0.15) is 0 Å². The zero-order chi connectivity index (χ0) is 22.0. The monoisotopic (exact) mass is 494 g/mol. The zero-order valence-corrected chi connectivity index (χ0v) is 20.7. The molecular formula is C25H29Cl3N2O2. The van der Waals surface area contributed by atoms with Crippen LogP contribution in [0, 0.1) is 0 Å². The van der Waals surface area contributed by atoms with E-state index in [4.69, 9.17) is 27.9 Å². The van der Waals surface area contributed by atoms with Gasteiger partial charge in [-0.25, -0.2) is 0 Å². The minimum atomic E-state index is -0.178. The van der Waals surface area contributed by atoms with Crippen LogP contribution in [-0.2, 0) is 11.3 Å². The molecule has 2 aromatic carbocycles. The summed E-state index contributed by atoms with van der Waals surface area (Å²) in [5.74, 6) is 0.344. The van der Waals surface area contributed by atoms with Gasteiger partial charge in [0.15, 0.2) is 0 Å². The highest BCUT2D eigenvalue weighted by molar-refractivity contribution is 6.43. The van der Waals surface area contributed by atoms with Gasteiger partial charge in [-0.05, 0) is 56.0 Å². The maximum absolute atomic E-state index is 12.7. The lowest BCUT2D eigenvalue weighted by Crippen LogP contribution is -3.00. The lowest BCUT2D eigenvalue weighted by molar-refractivity contribution is -0.929. The van der Waals surface area contributed by atoms with Gasteiger partial charge in [0.1, 0.15) is 23.9 Å². The number of carbonyl (C=O) groups excluding carboxylic acids is 1. The first kappa shape index (κ1) is 24.9. The third-order valence-electron chi connectivity index (χ3n) is 6.44. The van der Waals surface area contributed by atoms with E-state index in [1.807, 2.05) is 12.1 Å². The van der Waals surface area contributed by atoms with E-state index in [2.05, 4.69) is 31.5 Å². The number of carbonyl (C=O) groups is 1. The summed E-state index contributed by atoms with van der Waals surface area (Å²) in [6, 6.07) is 12.4. The molecule has 1 amide bonds. The molecular weight excluding hydrogens is 467 g/mol. The largest absolute Gasteiger partial charge is 1.00 e. The maximum atomic E-state index is 12.7. The van der Waals surface area contributed by atoms with Crippen LogP contribution in [0.2, 0.25) is 10.0 Å². The number of nitrogens with zero attached hydrogens (tertiary/aromatic N) is 1. The van der Waals surface area contributed by atoms with E-state index in [9.17, 15) is 4.79 Å². The van der Waals surface area contributed by atoms with Gasteiger partial charge in [-0.15, -0.1) is 0 Å². The molecule has 4 rings (SSSR count). The summed E-state index contributed by atoms with van der Waals surface area (Å²) in [5, 5.41) is 3.78. The van der Waals surface area contributed by atoms with E-state index in [1.54, 1.807) is 18.2 Å². The molecule has 1 N–H and O–H groups in total. The summed E-state index contributed by atoms with van der Waals surface area (Å²) < 4.78 is 6.71. The highest BCUT2D eigenvalue weighted by Gasteiger charge is 2.29. The summed E-state index contributed by atoms with van der Waals surface area (Å²) in [7, 11) is 4.66. The average molecular weight is 496 g/mol. The van der Waals surface area contributed by atoms with Crippen LogP contribution in [0.25, 0.3) is 6.08 Å². The third-order valence-corrected chi connectivity index (χ3v) is 7.23. The highest BCUT2D eigenvalue weighted by atomic mass is 35.5. The quantitative estimate of drug-likeness (QED) is 0.646. The molecule has 0 bridgehead atoms. The first-order chi connectivity index (χ1) is 14.8. The number of amides is 1. The average Bonchev–Trinajstić information content (AvgIpc) is 2.78. The smallest absolute Gasteiger partial charge is 0.255 e. The summed E-state index contributed by atoms with van der Waals surface area (Å²) >= 11 is 12.2. The van der Waals surface area contributed by atoms with Crippen LogP contribution < -0.4 is 22.5 Å². The van der Waals surface area contributed by atoms with Gasteiger partial charge >= 0.3 is 0 Å². The molecule has 2 aliphatic rings. The Morgan fingerprint density at radius 1 is 1.06 bits per heavy atom. The number of anilines is 1. The van der Waals surface area contributed by atoms with Gasteiger partial charge in [0.2, 0.25) is 0 Å². The van der Waals surface area contributed by atoms with Crippen molar-refractivity contribution in [3.63, 3.8) is 0 Å². The fourth-order valence-corrected chi connectivity index (χ4v) is 4.98. The number of rotatable bonds is 5. The molecule has 0 spiro atoms. The molecule has 1 aliphatic heterocycles. The first-order valence-corrected chi connectivity index (χ1v) is 11.6. The van der Waals surface area contributed by atoms with Crippen LogP contribution >= 0.6 is 23.2 Å². The minimum absolute atomic E-state index is 0. The number of halogens is 3. The van der Waals surface area contributed by atoms with Crippen molar-refractivity contribution < 1.29 is 26.4 Å². The normalized spacial score (nSPS) is 16.3. The second-order valence-corrected chi connectivity index (χ2v) is 9.90. The van der Waals surface area contributed by atoms with Gasteiger partial charge in [0.05, 0.1) is 30.7 Å². The molecule has 0 aromatic heterocycles. The summed E-state index contributed by atoms with van der Waals surface area (Å²) in [5.41, 5.74) is 3.36. The molecule has 4 nitrogen and oxygen atoms in total. The molecule has 0 radical (unpaired) electrons. The van der Waals surface area contributed by atoms with Crippen molar-refractivity contribution >= 4 is 40.9 Å². The minimum Gasteiger partial charge on any atom is -1.00 e. The fraction of sp³-hybridized carbons (Fsp3) is 0.400. The molecule has 1 heterocycles. The molecule has 2 aromatic rings. The van der Waals surface area contributed by atoms with E-state index >= 15 is 0 Å². The predicted octanol–water partition coefficient (Wildman–Crippen LogP) is 3.32. The standard InChI is InChI=1S/C25H28Cl2N2O2.ClH/c1-29(2,21-6-4-3-5-7-21)15-17-8-11-20(12-9-17)28-25(30)19-14-18-10-13-22(26)23(27)24(18)31-16-19;/h8-14,21H,3-7,15-16H2,1-2H3;1H. The van der Waals surface area contributed by atoms with Crippen LogP contribution in [-0.4, -0.2) is 37.1 Å². The molecule has 7 heteroatoms. The van der Waals surface area contributed by atoms with Crippen molar-refractivity contribution in [2.24, 2.45) is 0 Å². The Kier molecular flexibility index (Phi) is 8.16. The SMILES string of the molecule is C[N+](C)(Cc1ccc(NC(=O)C2=Cc3ccc(Cl)c(Cl)c3OC2)cc1)C1CCCCC1.[Cl-]. The lowest BCUT2D eigenvalue weighted by Gasteiger charge is -2.40. The Morgan fingerprint density at radius 3 is 2.44 bits per heavy atom. The van der Waals surface area contributed by atoms with E-state index in [-0.39, 0.29) is 24.9 Å². The van der Waals surface area contributed by atoms with Gasteiger partial charge in [0, 0.05) is 16.8 Å². The lowest BCUT2D eigenvalue weighted by atomic mass is 9.92. The van der Waals surface area contributed by atoms with Crippen LogP contribution in [0.5, 0.6) is 5.75 Å². The number of quaternary nitrogens is 1. The van der Waals surface area contributed by atoms with Crippen LogP contribution in [0.4, 0.5) is 5.69 Å². The second-order valence-electron chi connectivity index (χ2n) is 9.12. The van der Waals surface area contributed by atoms with Crippen LogP contribution in [0.1, 0.15) is 43.2 Å². The number of nitrogens with one attached hydrogen (secondary N) is 1. The van der Waals surface area contributed by atoms with Crippen LogP contribution in [0.15, 0.2) is 42.0 Å². The van der Waals surface area contributed by atoms with E-state index in [0.717, 1.165) is 28.3 Å². The highest BCUT2D eigenvalue weighted by Crippen LogP contribution is 2.38. The molecule has 0 saturated heterocycles. The van der Waals surface area contributed by atoms with E-state index in [0.29, 0.717) is 21.4 Å². The molecule has 0 unspecified atom stereocenters. The van der Waals surface area contributed by atoms with Gasteiger partial charge in [0.25, 0.3) is 5.91 Å². The fourth-order valence-electron chi connectivity index (χ4n) is 4.60. The molecule has 1 fully saturated rings. The van der Waals surface area contributed by atoms with Crippen molar-refractivity contribution in [3.05, 3.63) is 63.1 Å². The Bertz CT molecular complexity index is 997. The van der Waals surface area contributed by atoms with Gasteiger partial charge < -0.3 is 26.9 Å². The molecule has 0 atom stereocenters. The Balaban J connectivity index is 0.00000289. The summed E-state index contributed by atoms with van der Waals surface area (Å²) in [6.07, 6.45) is 8.51. The first-order valence-electron chi connectivity index (χ1n) is 10.9. The molecule has 1 aliphatic carbocycles. The summed E-state index contributed by atoms with van der Waals surface area (Å²) in [6.45, 7) is 1.15. The third kappa shape index (κ3) is 5.60. The molecule has 32 heavy (non-hydrogen) atoms.